The van der Waals surface area contributed by atoms with Gasteiger partial charge in [-0.25, -0.2) is 4.98 Å². The van der Waals surface area contributed by atoms with Gasteiger partial charge in [-0.1, -0.05) is 31.7 Å². The van der Waals surface area contributed by atoms with Crippen molar-refractivity contribution in [3.05, 3.63) is 54.2 Å². The van der Waals surface area contributed by atoms with Gasteiger partial charge in [-0.2, -0.15) is 0 Å². The van der Waals surface area contributed by atoms with Gasteiger partial charge in [0.2, 0.25) is 0 Å². The molecule has 2 aromatic rings. The fourth-order valence-corrected chi connectivity index (χ4v) is 2.74. The second-order valence-corrected chi connectivity index (χ2v) is 5.88. The van der Waals surface area contributed by atoms with Crippen LogP contribution in [0.4, 0.5) is 0 Å². The van der Waals surface area contributed by atoms with E-state index in [1.54, 1.807) is 18.0 Å². The highest BCUT2D eigenvalue weighted by molar-refractivity contribution is 7.99. The molecule has 0 aliphatic carbocycles. The minimum atomic E-state index is -0.00177. The zero-order valence-corrected chi connectivity index (χ0v) is 13.2. The van der Waals surface area contributed by atoms with Crippen molar-refractivity contribution in [3.8, 4) is 0 Å². The molecule has 0 spiro atoms. The van der Waals surface area contributed by atoms with E-state index in [1.165, 1.54) is 0 Å². The van der Waals surface area contributed by atoms with Gasteiger partial charge in [0.1, 0.15) is 5.03 Å². The minimum absolute atomic E-state index is 0.00177. The Morgan fingerprint density at radius 3 is 2.43 bits per heavy atom. The molecule has 110 valence electrons. The van der Waals surface area contributed by atoms with Gasteiger partial charge in [-0.05, 0) is 49.2 Å². The second-order valence-electron chi connectivity index (χ2n) is 4.78. The number of nitrogens with zero attached hydrogens (tertiary/aromatic N) is 1. The van der Waals surface area contributed by atoms with Crippen LogP contribution in [0.2, 0.25) is 0 Å². The lowest BCUT2D eigenvalue weighted by atomic mass is 10.1. The summed E-state index contributed by atoms with van der Waals surface area (Å²) in [5, 5.41) is 3.99. The first-order chi connectivity index (χ1) is 10.2. The van der Waals surface area contributed by atoms with Gasteiger partial charge >= 0.3 is 0 Å². The molecule has 2 rings (SSSR count). The molecule has 0 fully saturated rings. The van der Waals surface area contributed by atoms with Crippen molar-refractivity contribution in [1.29, 1.82) is 0 Å². The third-order valence-electron chi connectivity index (χ3n) is 3.30. The van der Waals surface area contributed by atoms with Crippen molar-refractivity contribution < 1.29 is 4.79 Å². The lowest BCUT2D eigenvalue weighted by Crippen LogP contribution is -2.33. The number of hydrogen-bond acceptors (Lipinski definition) is 3. The van der Waals surface area contributed by atoms with Crippen molar-refractivity contribution in [1.82, 2.24) is 10.3 Å². The van der Waals surface area contributed by atoms with Crippen LogP contribution in [-0.2, 0) is 0 Å². The van der Waals surface area contributed by atoms with Crippen molar-refractivity contribution in [2.45, 2.75) is 42.7 Å². The first kappa shape index (κ1) is 15.6. The topological polar surface area (TPSA) is 42.0 Å². The third kappa shape index (κ3) is 4.60. The highest BCUT2D eigenvalue weighted by Gasteiger charge is 2.10. The van der Waals surface area contributed by atoms with E-state index < -0.39 is 0 Å². The molecule has 0 saturated carbocycles. The number of benzene rings is 1. The molecule has 3 nitrogen and oxygen atoms in total. The lowest BCUT2D eigenvalue weighted by molar-refractivity contribution is 0.0935. The van der Waals surface area contributed by atoms with E-state index in [1.807, 2.05) is 42.5 Å². The number of nitrogens with one attached hydrogen (secondary N) is 1. The van der Waals surface area contributed by atoms with E-state index in [2.05, 4.69) is 24.1 Å². The van der Waals surface area contributed by atoms with Crippen LogP contribution in [0.5, 0.6) is 0 Å². The van der Waals surface area contributed by atoms with Gasteiger partial charge in [0.05, 0.1) is 0 Å². The fourth-order valence-electron chi connectivity index (χ4n) is 1.96. The molecule has 0 bridgehead atoms. The predicted molar refractivity (Wildman–Crippen MR) is 86.6 cm³/mol. The van der Waals surface area contributed by atoms with Crippen LogP contribution in [0.3, 0.4) is 0 Å². The van der Waals surface area contributed by atoms with Crippen molar-refractivity contribution in [2.24, 2.45) is 0 Å². The Hall–Kier alpha value is -1.81. The van der Waals surface area contributed by atoms with E-state index >= 15 is 0 Å². The molecule has 0 aliphatic rings. The van der Waals surface area contributed by atoms with Crippen LogP contribution < -0.4 is 5.32 Å². The number of aromatic nitrogens is 1. The Bertz CT molecular complexity index is 565. The Labute approximate surface area is 130 Å². The van der Waals surface area contributed by atoms with E-state index in [9.17, 15) is 4.79 Å². The minimum Gasteiger partial charge on any atom is -0.349 e. The van der Waals surface area contributed by atoms with E-state index in [-0.39, 0.29) is 11.9 Å². The predicted octanol–water partition coefficient (Wildman–Crippen LogP) is 4.15. The Kier molecular flexibility index (Phi) is 5.81. The van der Waals surface area contributed by atoms with E-state index in [0.29, 0.717) is 5.56 Å². The summed E-state index contributed by atoms with van der Waals surface area (Å²) >= 11 is 1.59. The van der Waals surface area contributed by atoms with Crippen LogP contribution in [0.1, 0.15) is 37.0 Å². The zero-order chi connectivity index (χ0) is 15.1. The SMILES string of the molecule is CCC(CC)NC(=O)c1ccc(Sc2ccccn2)cc1. The normalized spacial score (nSPS) is 10.6. The zero-order valence-electron chi connectivity index (χ0n) is 12.4. The molecule has 1 aromatic heterocycles. The van der Waals surface area contributed by atoms with Gasteiger partial charge in [0.25, 0.3) is 5.91 Å². The van der Waals surface area contributed by atoms with Crippen LogP contribution in [0.15, 0.2) is 58.6 Å². The average molecular weight is 300 g/mol. The van der Waals surface area contributed by atoms with Crippen LogP contribution in [0.25, 0.3) is 0 Å². The van der Waals surface area contributed by atoms with E-state index in [0.717, 1.165) is 22.8 Å². The van der Waals surface area contributed by atoms with Gasteiger partial charge in [0, 0.05) is 22.7 Å². The molecular weight excluding hydrogens is 280 g/mol. The van der Waals surface area contributed by atoms with Gasteiger partial charge in [0.15, 0.2) is 0 Å². The van der Waals surface area contributed by atoms with Crippen molar-refractivity contribution in [2.75, 3.05) is 0 Å². The number of hydrogen-bond donors (Lipinski definition) is 1. The maximum atomic E-state index is 12.1. The van der Waals surface area contributed by atoms with Gasteiger partial charge in [-0.3, -0.25) is 4.79 Å². The molecule has 0 atom stereocenters. The summed E-state index contributed by atoms with van der Waals surface area (Å²) in [7, 11) is 0. The maximum absolute atomic E-state index is 12.1. The number of pyridine rings is 1. The number of rotatable bonds is 6. The molecule has 21 heavy (non-hydrogen) atoms. The molecule has 0 saturated heterocycles. The van der Waals surface area contributed by atoms with Crippen molar-refractivity contribution in [3.63, 3.8) is 0 Å². The third-order valence-corrected chi connectivity index (χ3v) is 4.26. The molecule has 0 radical (unpaired) electrons. The number of amides is 1. The summed E-state index contributed by atoms with van der Waals surface area (Å²) < 4.78 is 0. The molecule has 1 amide bonds. The Morgan fingerprint density at radius 1 is 1.14 bits per heavy atom. The summed E-state index contributed by atoms with van der Waals surface area (Å²) in [4.78, 5) is 17.5. The van der Waals surface area contributed by atoms with Crippen LogP contribution in [-0.4, -0.2) is 16.9 Å². The van der Waals surface area contributed by atoms with Gasteiger partial charge < -0.3 is 5.32 Å². The van der Waals surface area contributed by atoms with Crippen molar-refractivity contribution >= 4 is 17.7 Å². The standard InChI is InChI=1S/C17H20N2OS/c1-3-14(4-2)19-17(20)13-8-10-15(11-9-13)21-16-7-5-6-12-18-16/h5-12,14H,3-4H2,1-2H3,(H,19,20). The summed E-state index contributed by atoms with van der Waals surface area (Å²) in [6.45, 7) is 4.17. The van der Waals surface area contributed by atoms with Crippen LogP contribution in [0, 0.1) is 0 Å². The first-order valence-corrected chi connectivity index (χ1v) is 8.04. The maximum Gasteiger partial charge on any atom is 0.251 e. The molecule has 1 heterocycles. The van der Waals surface area contributed by atoms with Crippen LogP contribution >= 0.6 is 11.8 Å². The smallest absolute Gasteiger partial charge is 0.251 e. The first-order valence-electron chi connectivity index (χ1n) is 7.22. The Morgan fingerprint density at radius 2 is 1.86 bits per heavy atom. The van der Waals surface area contributed by atoms with Gasteiger partial charge in [-0.15, -0.1) is 0 Å². The molecule has 0 unspecified atom stereocenters. The quantitative estimate of drug-likeness (QED) is 0.871. The molecule has 1 N–H and O–H groups in total. The summed E-state index contributed by atoms with van der Waals surface area (Å²) in [6.07, 6.45) is 3.69. The lowest BCUT2D eigenvalue weighted by Gasteiger charge is -2.14. The molecule has 1 aromatic carbocycles. The fraction of sp³-hybridized carbons (Fsp3) is 0.294. The summed E-state index contributed by atoms with van der Waals surface area (Å²) in [5.41, 5.74) is 0.701. The Balaban J connectivity index is 2.00. The highest BCUT2D eigenvalue weighted by Crippen LogP contribution is 2.25. The molecule has 0 aliphatic heterocycles. The monoisotopic (exact) mass is 300 g/mol. The number of carbonyl (C=O) groups excluding carboxylic acids is 1. The summed E-state index contributed by atoms with van der Waals surface area (Å²) in [6, 6.07) is 13.7. The highest BCUT2D eigenvalue weighted by atomic mass is 32.2. The largest absolute Gasteiger partial charge is 0.349 e. The number of carbonyl (C=O) groups is 1. The van der Waals surface area contributed by atoms with E-state index in [4.69, 9.17) is 0 Å². The second kappa shape index (κ2) is 7.84. The summed E-state index contributed by atoms with van der Waals surface area (Å²) in [5.74, 6) is -0.00177. The average Bonchev–Trinajstić information content (AvgIpc) is 2.54. The molecular formula is C17H20N2OS. The molecule has 4 heteroatoms.